The molecule has 2 heterocycles. The fraction of sp³-hybridized carbons (Fsp3) is 0.455. The molecule has 4 heteroatoms. The van der Waals surface area contributed by atoms with Crippen molar-refractivity contribution in [3.8, 4) is 0 Å². The normalized spacial score (nSPS) is 23.7. The predicted molar refractivity (Wildman–Crippen MR) is 102 cm³/mol. The predicted octanol–water partition coefficient (Wildman–Crippen LogP) is 3.71. The van der Waals surface area contributed by atoms with Gasteiger partial charge in [-0.15, -0.1) is 0 Å². The first-order chi connectivity index (χ1) is 12.8. The Morgan fingerprint density at radius 1 is 0.923 bits per heavy atom. The van der Waals surface area contributed by atoms with Crippen molar-refractivity contribution in [2.75, 3.05) is 39.4 Å². The van der Waals surface area contributed by atoms with E-state index in [0.717, 1.165) is 56.9 Å². The van der Waals surface area contributed by atoms with Gasteiger partial charge < -0.3 is 4.74 Å². The van der Waals surface area contributed by atoms with E-state index in [1.54, 1.807) is 12.1 Å². The van der Waals surface area contributed by atoms with Crippen LogP contribution in [0.5, 0.6) is 0 Å². The first kappa shape index (κ1) is 17.7. The summed E-state index contributed by atoms with van der Waals surface area (Å²) in [6.45, 7) is 5.70. The van der Waals surface area contributed by atoms with Crippen molar-refractivity contribution >= 4 is 0 Å². The maximum absolute atomic E-state index is 14.6. The molecule has 0 amide bonds. The van der Waals surface area contributed by atoms with Gasteiger partial charge in [0.15, 0.2) is 0 Å². The number of nitrogens with zero attached hydrogens (tertiary/aromatic N) is 2. The van der Waals surface area contributed by atoms with Crippen LogP contribution < -0.4 is 0 Å². The molecule has 0 aromatic heterocycles. The molecule has 0 aliphatic carbocycles. The number of benzene rings is 2. The van der Waals surface area contributed by atoms with Crippen LogP contribution in [0.1, 0.15) is 30.0 Å². The number of hydrogen-bond donors (Lipinski definition) is 0. The fourth-order valence-corrected chi connectivity index (χ4v) is 4.29. The maximum Gasteiger partial charge on any atom is 0.128 e. The van der Waals surface area contributed by atoms with Gasteiger partial charge in [-0.1, -0.05) is 48.5 Å². The number of piperazine rings is 1. The number of halogens is 1. The molecule has 2 saturated heterocycles. The van der Waals surface area contributed by atoms with Gasteiger partial charge in [0.05, 0.1) is 12.6 Å². The molecule has 2 aliphatic rings. The minimum absolute atomic E-state index is 0.0258. The van der Waals surface area contributed by atoms with E-state index >= 15 is 0 Å². The fourth-order valence-electron chi connectivity index (χ4n) is 4.29. The molecule has 4 rings (SSSR count). The Bertz CT molecular complexity index is 694. The van der Waals surface area contributed by atoms with E-state index in [0.29, 0.717) is 6.04 Å². The first-order valence-corrected chi connectivity index (χ1v) is 9.68. The van der Waals surface area contributed by atoms with Crippen LogP contribution in [0.15, 0.2) is 54.6 Å². The van der Waals surface area contributed by atoms with Gasteiger partial charge in [0.25, 0.3) is 0 Å². The lowest BCUT2D eigenvalue weighted by Gasteiger charge is -2.43. The van der Waals surface area contributed by atoms with Gasteiger partial charge in [-0.25, -0.2) is 4.39 Å². The van der Waals surface area contributed by atoms with E-state index in [1.165, 1.54) is 6.42 Å². The molecular weight excluding hydrogens is 327 g/mol. The Labute approximate surface area is 155 Å². The molecule has 0 radical (unpaired) electrons. The highest BCUT2D eigenvalue weighted by Gasteiger charge is 2.31. The third-order valence-electron chi connectivity index (χ3n) is 5.68. The summed E-state index contributed by atoms with van der Waals surface area (Å²) < 4.78 is 20.3. The number of rotatable bonds is 4. The van der Waals surface area contributed by atoms with E-state index in [9.17, 15) is 4.39 Å². The van der Waals surface area contributed by atoms with Crippen molar-refractivity contribution in [1.29, 1.82) is 0 Å². The van der Waals surface area contributed by atoms with Crippen molar-refractivity contribution < 1.29 is 9.13 Å². The standard InChI is InChI=1S/C22H27FN2O/c23-21-11-5-4-10-20(21)22(18-7-2-1-3-8-18)25-14-12-24(13-15-25)19-9-6-16-26-17-19/h1-5,7-8,10-11,19,22H,6,9,12-17H2. The van der Waals surface area contributed by atoms with Crippen LogP contribution in [0, 0.1) is 5.82 Å². The zero-order valence-electron chi connectivity index (χ0n) is 15.2. The molecule has 0 bridgehead atoms. The molecule has 26 heavy (non-hydrogen) atoms. The summed E-state index contributed by atoms with van der Waals surface area (Å²) in [7, 11) is 0. The van der Waals surface area contributed by atoms with Crippen LogP contribution in [-0.2, 0) is 4.74 Å². The molecule has 0 saturated carbocycles. The van der Waals surface area contributed by atoms with Gasteiger partial charge >= 0.3 is 0 Å². The van der Waals surface area contributed by atoms with Gasteiger partial charge in [0, 0.05) is 44.4 Å². The van der Waals surface area contributed by atoms with Crippen molar-refractivity contribution in [3.63, 3.8) is 0 Å². The molecule has 138 valence electrons. The summed E-state index contributed by atoms with van der Waals surface area (Å²) in [5, 5.41) is 0. The minimum Gasteiger partial charge on any atom is -0.380 e. The van der Waals surface area contributed by atoms with Gasteiger partial charge in [-0.2, -0.15) is 0 Å². The van der Waals surface area contributed by atoms with E-state index in [4.69, 9.17) is 4.74 Å². The lowest BCUT2D eigenvalue weighted by molar-refractivity contribution is -0.00585. The van der Waals surface area contributed by atoms with Crippen molar-refractivity contribution in [2.24, 2.45) is 0 Å². The van der Waals surface area contributed by atoms with E-state index < -0.39 is 0 Å². The van der Waals surface area contributed by atoms with Gasteiger partial charge in [-0.3, -0.25) is 9.80 Å². The summed E-state index contributed by atoms with van der Waals surface area (Å²) in [5.74, 6) is -0.121. The molecule has 2 unspecified atom stereocenters. The number of hydrogen-bond acceptors (Lipinski definition) is 3. The SMILES string of the molecule is Fc1ccccc1C(c1ccccc1)N1CCN(C2CCCOC2)CC1. The first-order valence-electron chi connectivity index (χ1n) is 9.68. The molecule has 2 aromatic carbocycles. The summed E-state index contributed by atoms with van der Waals surface area (Å²) in [6.07, 6.45) is 2.39. The third-order valence-corrected chi connectivity index (χ3v) is 5.68. The molecule has 2 fully saturated rings. The highest BCUT2D eigenvalue weighted by atomic mass is 19.1. The van der Waals surface area contributed by atoms with Gasteiger partial charge in [-0.05, 0) is 24.5 Å². The molecule has 2 atom stereocenters. The zero-order valence-corrected chi connectivity index (χ0v) is 15.2. The maximum atomic E-state index is 14.6. The number of ether oxygens (including phenoxy) is 1. The second-order valence-electron chi connectivity index (χ2n) is 7.28. The van der Waals surface area contributed by atoms with E-state index in [-0.39, 0.29) is 11.9 Å². The molecule has 2 aliphatic heterocycles. The minimum atomic E-state index is -0.121. The molecule has 0 spiro atoms. The van der Waals surface area contributed by atoms with Crippen LogP contribution in [0.3, 0.4) is 0 Å². The summed E-state index contributed by atoms with van der Waals surface area (Å²) in [4.78, 5) is 4.98. The van der Waals surface area contributed by atoms with Crippen LogP contribution in [0.4, 0.5) is 4.39 Å². The van der Waals surface area contributed by atoms with Gasteiger partial charge in [0.2, 0.25) is 0 Å². The van der Waals surface area contributed by atoms with Crippen LogP contribution >= 0.6 is 0 Å². The molecule has 0 N–H and O–H groups in total. The largest absolute Gasteiger partial charge is 0.380 e. The zero-order chi connectivity index (χ0) is 17.8. The highest BCUT2D eigenvalue weighted by molar-refractivity contribution is 5.33. The Hall–Kier alpha value is -1.75. The Balaban J connectivity index is 1.53. The monoisotopic (exact) mass is 354 g/mol. The summed E-state index contributed by atoms with van der Waals surface area (Å²) in [5.41, 5.74) is 1.93. The quantitative estimate of drug-likeness (QED) is 0.832. The second-order valence-corrected chi connectivity index (χ2v) is 7.28. The molecular formula is C22H27FN2O. The van der Waals surface area contributed by atoms with Crippen molar-refractivity contribution in [3.05, 3.63) is 71.5 Å². The van der Waals surface area contributed by atoms with Crippen molar-refractivity contribution in [1.82, 2.24) is 9.80 Å². The van der Waals surface area contributed by atoms with E-state index in [1.807, 2.05) is 30.3 Å². The summed E-state index contributed by atoms with van der Waals surface area (Å²) >= 11 is 0. The average molecular weight is 354 g/mol. The Morgan fingerprint density at radius 2 is 1.65 bits per heavy atom. The Kier molecular flexibility index (Phi) is 5.63. The average Bonchev–Trinajstić information content (AvgIpc) is 2.72. The summed E-state index contributed by atoms with van der Waals surface area (Å²) in [6, 6.07) is 18.0. The topological polar surface area (TPSA) is 15.7 Å². The third kappa shape index (κ3) is 3.83. The van der Waals surface area contributed by atoms with Crippen LogP contribution in [0.2, 0.25) is 0 Å². The second kappa shape index (κ2) is 8.30. The smallest absolute Gasteiger partial charge is 0.128 e. The van der Waals surface area contributed by atoms with Gasteiger partial charge in [0.1, 0.15) is 5.82 Å². The lowest BCUT2D eigenvalue weighted by atomic mass is 9.95. The Morgan fingerprint density at radius 3 is 2.35 bits per heavy atom. The van der Waals surface area contributed by atoms with E-state index in [2.05, 4.69) is 21.9 Å². The highest BCUT2D eigenvalue weighted by Crippen LogP contribution is 2.31. The van der Waals surface area contributed by atoms with Crippen molar-refractivity contribution in [2.45, 2.75) is 24.9 Å². The van der Waals surface area contributed by atoms with Crippen LogP contribution in [0.25, 0.3) is 0 Å². The lowest BCUT2D eigenvalue weighted by Crippen LogP contribution is -2.53. The molecule has 2 aromatic rings. The van der Waals surface area contributed by atoms with Crippen LogP contribution in [-0.4, -0.2) is 55.2 Å². The molecule has 3 nitrogen and oxygen atoms in total.